The van der Waals surface area contributed by atoms with Gasteiger partial charge in [-0.1, -0.05) is 37.1 Å². The van der Waals surface area contributed by atoms with Crippen LogP contribution in [0.5, 0.6) is 0 Å². The number of piperidine rings is 1. The van der Waals surface area contributed by atoms with Gasteiger partial charge in [0.15, 0.2) is 0 Å². The van der Waals surface area contributed by atoms with Crippen LogP contribution in [0.25, 0.3) is 10.9 Å². The summed E-state index contributed by atoms with van der Waals surface area (Å²) in [6, 6.07) is 12.2. The van der Waals surface area contributed by atoms with Gasteiger partial charge in [0.25, 0.3) is 0 Å². The minimum atomic E-state index is -6.60. The van der Waals surface area contributed by atoms with Gasteiger partial charge in [0, 0.05) is 53.7 Å². The van der Waals surface area contributed by atoms with Crippen LogP contribution in [0.3, 0.4) is 0 Å². The van der Waals surface area contributed by atoms with Crippen LogP contribution < -0.4 is 5.32 Å². The van der Waals surface area contributed by atoms with E-state index < -0.39 is 36.5 Å². The second kappa shape index (κ2) is 13.9. The predicted octanol–water partition coefficient (Wildman–Crippen LogP) is 8.48. The number of benzene rings is 2. The third-order valence-electron chi connectivity index (χ3n) is 7.40. The van der Waals surface area contributed by atoms with Crippen LogP contribution in [0.4, 0.5) is 42.1 Å². The molecule has 0 aliphatic carbocycles. The molecule has 0 unspecified atom stereocenters. The van der Waals surface area contributed by atoms with Crippen molar-refractivity contribution in [1.29, 1.82) is 0 Å². The molecule has 1 amide bonds. The quantitative estimate of drug-likeness (QED) is 0.223. The SMILES string of the molecule is CCCCN1CCC(N(Cc2ccc(Nc3ccnc4cc(Cl)ccc34)cc2)C(=O)C(F)(F)C(F)(F)C(F)(F)F)CC1.Cl. The summed E-state index contributed by atoms with van der Waals surface area (Å²) in [6.07, 6.45) is -2.85. The van der Waals surface area contributed by atoms with Gasteiger partial charge < -0.3 is 15.1 Å². The molecule has 1 aliphatic heterocycles. The molecule has 4 rings (SSSR count). The molecular weight excluding hydrogens is 624 g/mol. The van der Waals surface area contributed by atoms with Crippen molar-refractivity contribution < 1.29 is 35.5 Å². The fraction of sp³-hybridized carbons (Fsp3) is 0.448. The fourth-order valence-corrected chi connectivity index (χ4v) is 5.14. The Balaban J connectivity index is 0.00000506. The average Bonchev–Trinajstić information content (AvgIpc) is 2.95. The van der Waals surface area contributed by atoms with Crippen molar-refractivity contribution in [2.24, 2.45) is 0 Å². The lowest BCUT2D eigenvalue weighted by Crippen LogP contribution is -2.62. The number of carbonyl (C=O) groups is 1. The molecule has 1 saturated heterocycles. The maximum Gasteiger partial charge on any atom is 0.460 e. The zero-order chi connectivity index (χ0) is 30.7. The van der Waals surface area contributed by atoms with Gasteiger partial charge in [0.05, 0.1) is 5.52 Å². The molecule has 5 nitrogen and oxygen atoms in total. The van der Waals surface area contributed by atoms with E-state index in [4.69, 9.17) is 11.6 Å². The van der Waals surface area contributed by atoms with Crippen LogP contribution >= 0.6 is 24.0 Å². The number of carbonyl (C=O) groups excluding carboxylic acids is 1. The largest absolute Gasteiger partial charge is 0.460 e. The molecule has 2 heterocycles. The topological polar surface area (TPSA) is 48.5 Å². The highest BCUT2D eigenvalue weighted by atomic mass is 35.5. The molecule has 0 atom stereocenters. The molecule has 0 saturated carbocycles. The van der Waals surface area contributed by atoms with E-state index in [1.807, 2.05) is 6.92 Å². The number of alkyl halides is 7. The fourth-order valence-electron chi connectivity index (χ4n) is 4.97. The highest BCUT2D eigenvalue weighted by Crippen LogP contribution is 2.47. The number of amides is 1. The first-order valence-corrected chi connectivity index (χ1v) is 13.9. The number of hydrogen-bond acceptors (Lipinski definition) is 4. The van der Waals surface area contributed by atoms with Gasteiger partial charge in [-0.2, -0.15) is 30.7 Å². The van der Waals surface area contributed by atoms with E-state index >= 15 is 0 Å². The number of nitrogens with one attached hydrogen (secondary N) is 1. The van der Waals surface area contributed by atoms with E-state index in [1.54, 1.807) is 42.6 Å². The predicted molar refractivity (Wildman–Crippen MR) is 155 cm³/mol. The molecule has 1 N–H and O–H groups in total. The Bertz CT molecular complexity index is 1380. The van der Waals surface area contributed by atoms with Gasteiger partial charge in [0.1, 0.15) is 0 Å². The van der Waals surface area contributed by atoms with Crippen LogP contribution in [0.15, 0.2) is 54.7 Å². The Morgan fingerprint density at radius 2 is 1.67 bits per heavy atom. The summed E-state index contributed by atoms with van der Waals surface area (Å²) in [6.45, 7) is 3.01. The van der Waals surface area contributed by atoms with E-state index in [-0.39, 0.29) is 25.2 Å². The van der Waals surface area contributed by atoms with Crippen LogP contribution in [0.1, 0.15) is 38.2 Å². The van der Waals surface area contributed by atoms with Crippen molar-refractivity contribution in [2.75, 3.05) is 25.0 Å². The first-order chi connectivity index (χ1) is 19.7. The Labute approximate surface area is 255 Å². The molecule has 14 heteroatoms. The van der Waals surface area contributed by atoms with Crippen molar-refractivity contribution in [2.45, 2.75) is 63.2 Å². The third kappa shape index (κ3) is 7.64. The Hall–Kier alpha value is -2.83. The lowest BCUT2D eigenvalue weighted by atomic mass is 9.99. The van der Waals surface area contributed by atoms with E-state index in [1.165, 1.54) is 12.1 Å². The average molecular weight is 655 g/mol. The second-order valence-electron chi connectivity index (χ2n) is 10.3. The minimum absolute atomic E-state index is 0. The van der Waals surface area contributed by atoms with E-state index in [9.17, 15) is 35.5 Å². The zero-order valence-electron chi connectivity index (χ0n) is 23.1. The number of aromatic nitrogens is 1. The molecule has 0 radical (unpaired) electrons. The van der Waals surface area contributed by atoms with Crippen LogP contribution in [0, 0.1) is 0 Å². The number of hydrogen-bond donors (Lipinski definition) is 1. The smallest absolute Gasteiger partial charge is 0.355 e. The van der Waals surface area contributed by atoms with Crippen molar-refractivity contribution >= 4 is 52.2 Å². The monoisotopic (exact) mass is 654 g/mol. The number of anilines is 2. The number of pyridine rings is 1. The van der Waals surface area contributed by atoms with Crippen molar-refractivity contribution in [1.82, 2.24) is 14.8 Å². The molecule has 1 aliphatic rings. The van der Waals surface area contributed by atoms with Gasteiger partial charge in [-0.05, 0) is 67.8 Å². The highest BCUT2D eigenvalue weighted by Gasteiger charge is 2.77. The van der Waals surface area contributed by atoms with Crippen LogP contribution in [-0.2, 0) is 11.3 Å². The molecule has 0 bridgehead atoms. The molecule has 0 spiro atoms. The number of halogens is 9. The lowest BCUT2D eigenvalue weighted by molar-refractivity contribution is -0.346. The zero-order valence-corrected chi connectivity index (χ0v) is 24.7. The Kier molecular flexibility index (Phi) is 11.2. The van der Waals surface area contributed by atoms with Gasteiger partial charge >= 0.3 is 23.9 Å². The van der Waals surface area contributed by atoms with Crippen LogP contribution in [0.2, 0.25) is 5.02 Å². The minimum Gasteiger partial charge on any atom is -0.355 e. The standard InChI is InChI=1S/C29H30ClF7N4O.ClH/c1-2-3-14-40-15-11-22(12-16-40)41(26(42)27(31,32)28(33,34)29(35,36)37)18-19-4-7-21(8-5-19)39-24-10-13-38-25-17-20(30)6-9-23(24)25;/h4-10,13,17,22H,2-3,11-12,14-16,18H2,1H3,(H,38,39);1H. The Morgan fingerprint density at radius 3 is 2.28 bits per heavy atom. The molecule has 43 heavy (non-hydrogen) atoms. The Morgan fingerprint density at radius 1 is 1.02 bits per heavy atom. The van der Waals surface area contributed by atoms with Gasteiger partial charge in [-0.25, -0.2) is 0 Å². The highest BCUT2D eigenvalue weighted by molar-refractivity contribution is 6.31. The van der Waals surface area contributed by atoms with Gasteiger partial charge in [-0.15, -0.1) is 12.4 Å². The van der Waals surface area contributed by atoms with Gasteiger partial charge in [0.2, 0.25) is 0 Å². The maximum absolute atomic E-state index is 14.6. The summed E-state index contributed by atoms with van der Waals surface area (Å²) < 4.78 is 95.7. The normalized spacial score (nSPS) is 15.3. The summed E-state index contributed by atoms with van der Waals surface area (Å²) in [5.41, 5.74) is 2.22. The molecular formula is C29H31Cl2F7N4O. The summed E-state index contributed by atoms with van der Waals surface area (Å²) in [5, 5.41) is 4.50. The van der Waals surface area contributed by atoms with Crippen molar-refractivity contribution in [3.05, 3.63) is 65.3 Å². The van der Waals surface area contributed by atoms with Crippen molar-refractivity contribution in [3.63, 3.8) is 0 Å². The number of unbranched alkanes of at least 4 members (excludes halogenated alkanes) is 1. The first kappa shape index (κ1) is 34.7. The van der Waals surface area contributed by atoms with E-state index in [2.05, 4.69) is 15.2 Å². The van der Waals surface area contributed by atoms with Gasteiger partial charge in [-0.3, -0.25) is 9.78 Å². The number of likely N-dealkylation sites (tertiary alicyclic amines) is 1. The lowest BCUT2D eigenvalue weighted by Gasteiger charge is -2.40. The summed E-state index contributed by atoms with van der Waals surface area (Å²) in [4.78, 5) is 19.6. The number of fused-ring (bicyclic) bond motifs is 1. The molecule has 1 fully saturated rings. The number of rotatable bonds is 10. The van der Waals surface area contributed by atoms with Crippen LogP contribution in [-0.4, -0.2) is 64.4 Å². The summed E-state index contributed by atoms with van der Waals surface area (Å²) >= 11 is 6.04. The maximum atomic E-state index is 14.6. The molecule has 2 aromatic carbocycles. The summed E-state index contributed by atoms with van der Waals surface area (Å²) in [7, 11) is 0. The van der Waals surface area contributed by atoms with E-state index in [0.717, 1.165) is 24.8 Å². The molecule has 1 aromatic heterocycles. The number of nitrogens with zero attached hydrogens (tertiary/aromatic N) is 3. The molecule has 3 aromatic rings. The molecule has 236 valence electrons. The third-order valence-corrected chi connectivity index (χ3v) is 7.63. The first-order valence-electron chi connectivity index (χ1n) is 13.5. The summed E-state index contributed by atoms with van der Waals surface area (Å²) in [5.74, 6) is -15.0. The van der Waals surface area contributed by atoms with E-state index in [0.29, 0.717) is 45.5 Å². The van der Waals surface area contributed by atoms with Crippen molar-refractivity contribution in [3.8, 4) is 0 Å². The second-order valence-corrected chi connectivity index (χ2v) is 10.8.